The fourth-order valence-corrected chi connectivity index (χ4v) is 1.86. The number of ether oxygens (including phenoxy) is 2. The first-order valence-corrected chi connectivity index (χ1v) is 6.95. The first kappa shape index (κ1) is 16.6. The Bertz CT molecular complexity index is 382. The van der Waals surface area contributed by atoms with Crippen molar-refractivity contribution >= 4 is 12.2 Å². The Labute approximate surface area is 120 Å². The molecule has 0 aliphatic carbocycles. The van der Waals surface area contributed by atoms with Gasteiger partial charge < -0.3 is 9.47 Å². The second-order valence-corrected chi connectivity index (χ2v) is 6.95. The highest BCUT2D eigenvalue weighted by molar-refractivity contribution is 5.75. The predicted octanol–water partition coefficient (Wildman–Crippen LogP) is 2.87. The molecule has 2 amide bonds. The van der Waals surface area contributed by atoms with Crippen LogP contribution in [0.25, 0.3) is 0 Å². The third kappa shape index (κ3) is 4.90. The minimum atomic E-state index is -0.558. The van der Waals surface area contributed by atoms with Crippen LogP contribution in [0.5, 0.6) is 0 Å². The highest BCUT2D eigenvalue weighted by atomic mass is 16.6. The van der Waals surface area contributed by atoms with Crippen LogP contribution in [-0.2, 0) is 9.47 Å². The summed E-state index contributed by atoms with van der Waals surface area (Å²) in [6, 6.07) is -0.0302. The Kier molecular flexibility index (Phi) is 4.56. The first-order chi connectivity index (χ1) is 8.94. The Hall–Kier alpha value is -1.46. The molecule has 2 atom stereocenters. The van der Waals surface area contributed by atoms with Crippen molar-refractivity contribution in [2.24, 2.45) is 0 Å². The van der Waals surface area contributed by atoms with E-state index in [9.17, 15) is 9.59 Å². The lowest BCUT2D eigenvalue weighted by Gasteiger charge is -2.21. The summed E-state index contributed by atoms with van der Waals surface area (Å²) in [5.74, 6) is 0. The van der Waals surface area contributed by atoms with Crippen LogP contribution in [0.1, 0.15) is 54.9 Å². The van der Waals surface area contributed by atoms with Crippen LogP contribution in [-0.4, -0.2) is 40.5 Å². The van der Waals surface area contributed by atoms with E-state index in [4.69, 9.17) is 9.47 Å². The van der Waals surface area contributed by atoms with Crippen molar-refractivity contribution in [1.82, 2.24) is 10.2 Å². The van der Waals surface area contributed by atoms with Gasteiger partial charge in [0.25, 0.3) is 0 Å². The molecule has 1 heterocycles. The normalized spacial score (nSPS) is 22.2. The highest BCUT2D eigenvalue weighted by Crippen LogP contribution is 2.31. The Morgan fingerprint density at radius 1 is 1.05 bits per heavy atom. The summed E-state index contributed by atoms with van der Waals surface area (Å²) in [5.41, 5.74) is -1.11. The van der Waals surface area contributed by atoms with Crippen LogP contribution < -0.4 is 5.32 Å². The zero-order valence-electron chi connectivity index (χ0n) is 13.4. The summed E-state index contributed by atoms with van der Waals surface area (Å²) in [7, 11) is 0. The molecule has 116 valence electrons. The van der Waals surface area contributed by atoms with Crippen LogP contribution in [0.2, 0.25) is 0 Å². The van der Waals surface area contributed by atoms with Crippen molar-refractivity contribution in [3.8, 4) is 0 Å². The lowest BCUT2D eigenvalue weighted by atomic mass is 10.2. The minimum Gasteiger partial charge on any atom is -0.444 e. The molecule has 6 heteroatoms. The molecule has 1 N–H and O–H groups in total. The second kappa shape index (κ2) is 5.50. The molecule has 1 aliphatic heterocycles. The smallest absolute Gasteiger partial charge is 0.412 e. The van der Waals surface area contributed by atoms with E-state index in [1.165, 1.54) is 4.90 Å². The van der Waals surface area contributed by atoms with Gasteiger partial charge in [-0.15, -0.1) is 0 Å². The number of nitrogens with one attached hydrogen (secondary N) is 1. The van der Waals surface area contributed by atoms with Gasteiger partial charge in [-0.1, -0.05) is 6.92 Å². The first-order valence-electron chi connectivity index (χ1n) is 6.95. The Morgan fingerprint density at radius 2 is 1.55 bits per heavy atom. The van der Waals surface area contributed by atoms with Gasteiger partial charge in [0.1, 0.15) is 17.4 Å². The van der Waals surface area contributed by atoms with E-state index >= 15 is 0 Å². The van der Waals surface area contributed by atoms with E-state index in [1.54, 1.807) is 20.8 Å². The molecule has 0 aromatic heterocycles. The molecule has 1 aliphatic rings. The van der Waals surface area contributed by atoms with E-state index in [2.05, 4.69) is 5.32 Å². The number of hydrogen-bond donors (Lipinski definition) is 1. The molecule has 0 aromatic carbocycles. The van der Waals surface area contributed by atoms with Gasteiger partial charge in [-0.05, 0) is 48.0 Å². The topological polar surface area (TPSA) is 67.6 Å². The molecule has 1 fully saturated rings. The zero-order chi connectivity index (χ0) is 15.7. The van der Waals surface area contributed by atoms with E-state index in [0.717, 1.165) is 6.42 Å². The average Bonchev–Trinajstić information content (AvgIpc) is 2.84. The number of rotatable bonds is 2. The van der Waals surface area contributed by atoms with E-state index in [0.29, 0.717) is 0 Å². The lowest BCUT2D eigenvalue weighted by Crippen LogP contribution is -2.37. The van der Waals surface area contributed by atoms with Gasteiger partial charge in [0, 0.05) is 0 Å². The highest BCUT2D eigenvalue weighted by Gasteiger charge is 2.52. The van der Waals surface area contributed by atoms with Crippen molar-refractivity contribution in [2.75, 3.05) is 0 Å². The number of carbonyl (C=O) groups is 2. The number of hydrogen-bond acceptors (Lipinski definition) is 4. The summed E-state index contributed by atoms with van der Waals surface area (Å²) >= 11 is 0. The number of carbonyl (C=O) groups excluding carboxylic acids is 2. The maximum atomic E-state index is 12.0. The third-order valence-electron chi connectivity index (χ3n) is 2.62. The second-order valence-electron chi connectivity index (χ2n) is 6.95. The third-order valence-corrected chi connectivity index (χ3v) is 2.62. The molecule has 2 unspecified atom stereocenters. The molecule has 0 radical (unpaired) electrons. The summed E-state index contributed by atoms with van der Waals surface area (Å²) in [6.07, 6.45) is -0.526. The van der Waals surface area contributed by atoms with Gasteiger partial charge in [0.2, 0.25) is 0 Å². The molecule has 0 bridgehead atoms. The van der Waals surface area contributed by atoms with Crippen molar-refractivity contribution in [2.45, 2.75) is 78.3 Å². The number of amides is 2. The van der Waals surface area contributed by atoms with Gasteiger partial charge >= 0.3 is 12.2 Å². The largest absolute Gasteiger partial charge is 0.444 e. The van der Waals surface area contributed by atoms with Crippen LogP contribution >= 0.6 is 0 Å². The monoisotopic (exact) mass is 286 g/mol. The van der Waals surface area contributed by atoms with Crippen molar-refractivity contribution in [3.63, 3.8) is 0 Å². The van der Waals surface area contributed by atoms with Gasteiger partial charge in [-0.2, -0.15) is 0 Å². The number of alkyl carbamates (subject to hydrolysis) is 1. The summed E-state index contributed by atoms with van der Waals surface area (Å²) in [5, 5.41) is 2.69. The molecule has 1 saturated heterocycles. The maximum absolute atomic E-state index is 12.0. The van der Waals surface area contributed by atoms with Crippen LogP contribution in [0, 0.1) is 0 Å². The predicted molar refractivity (Wildman–Crippen MR) is 75.3 cm³/mol. The summed E-state index contributed by atoms with van der Waals surface area (Å²) < 4.78 is 10.5. The van der Waals surface area contributed by atoms with Gasteiger partial charge in [0.05, 0.1) is 6.04 Å². The molecule has 20 heavy (non-hydrogen) atoms. The SMILES string of the molecule is CCC1C(NC(=O)OC(C)(C)C)N1C(=O)OC(C)(C)C. The molecule has 0 saturated carbocycles. The molecular formula is C14H26N2O4. The van der Waals surface area contributed by atoms with Gasteiger partial charge in [-0.25, -0.2) is 9.59 Å². The van der Waals surface area contributed by atoms with E-state index < -0.39 is 23.4 Å². The molecular weight excluding hydrogens is 260 g/mol. The number of nitrogens with zero attached hydrogens (tertiary/aromatic N) is 1. The average molecular weight is 286 g/mol. The Balaban J connectivity index is 2.55. The summed E-state index contributed by atoms with van der Waals surface area (Å²) in [4.78, 5) is 25.2. The van der Waals surface area contributed by atoms with Gasteiger partial charge in [-0.3, -0.25) is 10.2 Å². The molecule has 0 aromatic rings. The van der Waals surface area contributed by atoms with Crippen LogP contribution in [0.15, 0.2) is 0 Å². The maximum Gasteiger partial charge on any atom is 0.412 e. The van der Waals surface area contributed by atoms with Gasteiger partial charge in [0.15, 0.2) is 0 Å². The fraction of sp³-hybridized carbons (Fsp3) is 0.857. The Morgan fingerprint density at radius 3 is 1.95 bits per heavy atom. The zero-order valence-corrected chi connectivity index (χ0v) is 13.4. The molecule has 6 nitrogen and oxygen atoms in total. The van der Waals surface area contributed by atoms with Crippen molar-refractivity contribution in [3.05, 3.63) is 0 Å². The molecule has 0 spiro atoms. The lowest BCUT2D eigenvalue weighted by molar-refractivity contribution is 0.0372. The summed E-state index contributed by atoms with van der Waals surface area (Å²) in [6.45, 7) is 12.8. The minimum absolute atomic E-state index is 0.0302. The molecule has 1 rings (SSSR count). The van der Waals surface area contributed by atoms with E-state index in [1.807, 2.05) is 27.7 Å². The standard InChI is InChI=1S/C14H26N2O4/c1-8-9-10(15-11(17)19-13(2,3)4)16(9)12(18)20-14(5,6)7/h9-10H,8H2,1-7H3,(H,15,17). The van der Waals surface area contributed by atoms with Crippen molar-refractivity contribution < 1.29 is 19.1 Å². The van der Waals surface area contributed by atoms with Crippen LogP contribution in [0.4, 0.5) is 9.59 Å². The van der Waals surface area contributed by atoms with E-state index in [-0.39, 0.29) is 12.2 Å². The quantitative estimate of drug-likeness (QED) is 0.793. The van der Waals surface area contributed by atoms with Crippen LogP contribution in [0.3, 0.4) is 0 Å². The van der Waals surface area contributed by atoms with Crippen molar-refractivity contribution in [1.29, 1.82) is 0 Å². The fourth-order valence-electron chi connectivity index (χ4n) is 1.86.